The standard InChI is InChI=1S/C20H19N5O/c21-12-15-3-5-17(6-4-15)20-24-23-19(26-20)14-25-11-1-2-18(13-25)16-7-9-22-10-8-16/h3-10,18H,1-2,11,13-14H2. The van der Waals surface area contributed by atoms with Crippen LogP contribution in [0.1, 0.15) is 35.8 Å². The van der Waals surface area contributed by atoms with E-state index in [1.807, 2.05) is 24.5 Å². The molecule has 130 valence electrons. The molecule has 3 heterocycles. The zero-order valence-corrected chi connectivity index (χ0v) is 14.4. The number of nitriles is 1. The van der Waals surface area contributed by atoms with Gasteiger partial charge in [-0.25, -0.2) is 0 Å². The third-order valence-corrected chi connectivity index (χ3v) is 4.77. The van der Waals surface area contributed by atoms with Crippen molar-refractivity contribution in [1.29, 1.82) is 5.26 Å². The molecule has 1 aliphatic rings. The maximum atomic E-state index is 8.88. The van der Waals surface area contributed by atoms with E-state index in [1.165, 1.54) is 12.0 Å². The van der Waals surface area contributed by atoms with Crippen molar-refractivity contribution < 1.29 is 4.42 Å². The first kappa shape index (κ1) is 16.4. The molecule has 1 aliphatic heterocycles. The van der Waals surface area contributed by atoms with Crippen molar-refractivity contribution in [3.63, 3.8) is 0 Å². The van der Waals surface area contributed by atoms with Gasteiger partial charge >= 0.3 is 0 Å². The van der Waals surface area contributed by atoms with Gasteiger partial charge in [0.05, 0.1) is 18.2 Å². The minimum Gasteiger partial charge on any atom is -0.419 e. The summed E-state index contributed by atoms with van der Waals surface area (Å²) in [5.74, 6) is 1.64. The maximum absolute atomic E-state index is 8.88. The average Bonchev–Trinajstić information content (AvgIpc) is 3.17. The van der Waals surface area contributed by atoms with Gasteiger partial charge in [-0.2, -0.15) is 5.26 Å². The van der Waals surface area contributed by atoms with E-state index in [1.54, 1.807) is 12.1 Å². The van der Waals surface area contributed by atoms with Crippen LogP contribution in [0.3, 0.4) is 0 Å². The van der Waals surface area contributed by atoms with E-state index in [9.17, 15) is 0 Å². The molecular weight excluding hydrogens is 326 g/mol. The highest BCUT2D eigenvalue weighted by Gasteiger charge is 2.23. The first-order valence-corrected chi connectivity index (χ1v) is 8.77. The third-order valence-electron chi connectivity index (χ3n) is 4.77. The summed E-state index contributed by atoms with van der Waals surface area (Å²) in [6, 6.07) is 13.5. The first-order chi connectivity index (χ1) is 12.8. The number of piperidine rings is 1. The monoisotopic (exact) mass is 345 g/mol. The summed E-state index contributed by atoms with van der Waals surface area (Å²) in [4.78, 5) is 6.47. The molecule has 3 aromatic rings. The van der Waals surface area contributed by atoms with Crippen molar-refractivity contribution in [1.82, 2.24) is 20.1 Å². The number of pyridine rings is 1. The predicted molar refractivity (Wildman–Crippen MR) is 95.9 cm³/mol. The fourth-order valence-electron chi connectivity index (χ4n) is 3.42. The van der Waals surface area contributed by atoms with Crippen molar-refractivity contribution in [2.75, 3.05) is 13.1 Å². The summed E-state index contributed by atoms with van der Waals surface area (Å²) in [7, 11) is 0. The molecule has 0 amide bonds. The number of rotatable bonds is 4. The summed E-state index contributed by atoms with van der Waals surface area (Å²) in [6.07, 6.45) is 6.07. The molecule has 1 unspecified atom stereocenters. The van der Waals surface area contributed by atoms with Gasteiger partial charge in [-0.3, -0.25) is 9.88 Å². The van der Waals surface area contributed by atoms with Gasteiger partial charge in [-0.1, -0.05) is 0 Å². The van der Waals surface area contributed by atoms with E-state index in [4.69, 9.17) is 9.68 Å². The Balaban J connectivity index is 1.43. The molecule has 0 N–H and O–H groups in total. The van der Waals surface area contributed by atoms with Crippen LogP contribution in [0.2, 0.25) is 0 Å². The summed E-state index contributed by atoms with van der Waals surface area (Å²) in [5.41, 5.74) is 2.79. The Hall–Kier alpha value is -3.04. The van der Waals surface area contributed by atoms with E-state index in [0.29, 0.717) is 29.8 Å². The quantitative estimate of drug-likeness (QED) is 0.721. The molecule has 6 heteroatoms. The van der Waals surface area contributed by atoms with E-state index in [-0.39, 0.29) is 0 Å². The Kier molecular flexibility index (Phi) is 4.71. The van der Waals surface area contributed by atoms with Gasteiger partial charge in [0.1, 0.15) is 0 Å². The van der Waals surface area contributed by atoms with Gasteiger partial charge in [0, 0.05) is 24.5 Å². The summed E-state index contributed by atoms with van der Waals surface area (Å²) in [6.45, 7) is 2.68. The third kappa shape index (κ3) is 3.63. The fourth-order valence-corrected chi connectivity index (χ4v) is 3.42. The summed E-state index contributed by atoms with van der Waals surface area (Å²) in [5, 5.41) is 17.2. The van der Waals surface area contributed by atoms with Crippen molar-refractivity contribution in [3.8, 4) is 17.5 Å². The van der Waals surface area contributed by atoms with Crippen molar-refractivity contribution in [2.45, 2.75) is 25.3 Å². The van der Waals surface area contributed by atoms with Crippen molar-refractivity contribution in [2.24, 2.45) is 0 Å². The molecule has 1 aromatic carbocycles. The van der Waals surface area contributed by atoms with Crippen molar-refractivity contribution in [3.05, 3.63) is 65.8 Å². The van der Waals surface area contributed by atoms with Crippen LogP contribution in [0.5, 0.6) is 0 Å². The van der Waals surface area contributed by atoms with E-state index < -0.39 is 0 Å². The van der Waals surface area contributed by atoms with Crippen LogP contribution in [0, 0.1) is 11.3 Å². The number of nitrogens with zero attached hydrogens (tertiary/aromatic N) is 5. The lowest BCUT2D eigenvalue weighted by molar-refractivity contribution is 0.184. The van der Waals surface area contributed by atoms with Crippen LogP contribution in [0.25, 0.3) is 11.5 Å². The molecule has 0 aliphatic carbocycles. The van der Waals surface area contributed by atoms with E-state index in [0.717, 1.165) is 25.1 Å². The molecule has 0 saturated carbocycles. The number of aromatic nitrogens is 3. The second kappa shape index (κ2) is 7.46. The zero-order chi connectivity index (χ0) is 17.8. The van der Waals surface area contributed by atoms with Crippen molar-refractivity contribution >= 4 is 0 Å². The molecule has 4 rings (SSSR count). The van der Waals surface area contributed by atoms with Gasteiger partial charge in [0.15, 0.2) is 0 Å². The first-order valence-electron chi connectivity index (χ1n) is 8.77. The normalized spacial score (nSPS) is 17.7. The van der Waals surface area contributed by atoms with Gasteiger partial charge in [-0.05, 0) is 67.3 Å². The number of hydrogen-bond donors (Lipinski definition) is 0. The van der Waals surface area contributed by atoms with Crippen LogP contribution >= 0.6 is 0 Å². The largest absolute Gasteiger partial charge is 0.419 e. The maximum Gasteiger partial charge on any atom is 0.247 e. The Labute approximate surface area is 152 Å². The lowest BCUT2D eigenvalue weighted by Gasteiger charge is -2.31. The smallest absolute Gasteiger partial charge is 0.247 e. The molecule has 0 bridgehead atoms. The SMILES string of the molecule is N#Cc1ccc(-c2nnc(CN3CCCC(c4ccncc4)C3)o2)cc1. The van der Waals surface area contributed by atoms with E-state index in [2.05, 4.69) is 38.3 Å². The lowest BCUT2D eigenvalue weighted by atomic mass is 9.91. The van der Waals surface area contributed by atoms with Crippen LogP contribution in [-0.2, 0) is 6.54 Å². The fraction of sp³-hybridized carbons (Fsp3) is 0.300. The van der Waals surface area contributed by atoms with Crippen LogP contribution in [0.15, 0.2) is 53.2 Å². The van der Waals surface area contributed by atoms with Gasteiger partial charge < -0.3 is 4.42 Å². The highest BCUT2D eigenvalue weighted by Crippen LogP contribution is 2.27. The van der Waals surface area contributed by atoms with Gasteiger partial charge in [0.25, 0.3) is 0 Å². The topological polar surface area (TPSA) is 78.8 Å². The predicted octanol–water partition coefficient (Wildman–Crippen LogP) is 3.38. The Bertz CT molecular complexity index is 898. The zero-order valence-electron chi connectivity index (χ0n) is 14.4. The summed E-state index contributed by atoms with van der Waals surface area (Å²) < 4.78 is 5.83. The number of likely N-dealkylation sites (tertiary alicyclic amines) is 1. The lowest BCUT2D eigenvalue weighted by Crippen LogP contribution is -2.34. The van der Waals surface area contributed by atoms with Gasteiger partial charge in [0.2, 0.25) is 11.8 Å². The highest BCUT2D eigenvalue weighted by molar-refractivity contribution is 5.54. The minimum atomic E-state index is 0.493. The molecule has 26 heavy (non-hydrogen) atoms. The van der Waals surface area contributed by atoms with E-state index >= 15 is 0 Å². The van der Waals surface area contributed by atoms with Crippen LogP contribution in [0.4, 0.5) is 0 Å². The molecule has 1 fully saturated rings. The molecular formula is C20H19N5O. The number of benzene rings is 1. The molecule has 0 radical (unpaired) electrons. The summed E-state index contributed by atoms with van der Waals surface area (Å²) >= 11 is 0. The molecule has 6 nitrogen and oxygen atoms in total. The Morgan fingerprint density at radius 3 is 2.69 bits per heavy atom. The molecule has 1 saturated heterocycles. The second-order valence-corrected chi connectivity index (χ2v) is 6.54. The Morgan fingerprint density at radius 2 is 1.92 bits per heavy atom. The van der Waals surface area contributed by atoms with Crippen LogP contribution < -0.4 is 0 Å². The minimum absolute atomic E-state index is 0.493. The van der Waals surface area contributed by atoms with Gasteiger partial charge in [-0.15, -0.1) is 10.2 Å². The average molecular weight is 345 g/mol. The molecule has 1 atom stereocenters. The molecule has 2 aromatic heterocycles. The Morgan fingerprint density at radius 1 is 1.12 bits per heavy atom. The molecule has 0 spiro atoms. The second-order valence-electron chi connectivity index (χ2n) is 6.54. The van der Waals surface area contributed by atoms with Crippen LogP contribution in [-0.4, -0.2) is 33.2 Å². The highest BCUT2D eigenvalue weighted by atomic mass is 16.4. The number of hydrogen-bond acceptors (Lipinski definition) is 6.